The van der Waals surface area contributed by atoms with Crippen LogP contribution in [0.5, 0.6) is 0 Å². The summed E-state index contributed by atoms with van der Waals surface area (Å²) in [6, 6.07) is -0.501. The molecule has 0 spiro atoms. The predicted octanol–water partition coefficient (Wildman–Crippen LogP) is 3.76. The second kappa shape index (κ2) is 6.87. The molecular formula is C12H24F3NO. The van der Waals surface area contributed by atoms with Gasteiger partial charge < -0.3 is 5.32 Å². The number of halogens is 3. The fourth-order valence-electron chi connectivity index (χ4n) is 1.16. The summed E-state index contributed by atoms with van der Waals surface area (Å²) < 4.78 is 35.9. The summed E-state index contributed by atoms with van der Waals surface area (Å²) in [5.74, 6) is -1.91. The van der Waals surface area contributed by atoms with Gasteiger partial charge in [-0.1, -0.05) is 41.5 Å². The van der Waals surface area contributed by atoms with Crippen LogP contribution in [0.2, 0.25) is 0 Å². The van der Waals surface area contributed by atoms with Gasteiger partial charge in [0.05, 0.1) is 0 Å². The van der Waals surface area contributed by atoms with Crippen molar-refractivity contribution in [2.45, 2.75) is 60.7 Å². The first-order chi connectivity index (χ1) is 7.46. The third-order valence-electron chi connectivity index (χ3n) is 2.73. The number of hydrogen-bond acceptors (Lipinski definition) is 1. The molecule has 104 valence electrons. The molecule has 2 atom stereocenters. The van der Waals surface area contributed by atoms with Gasteiger partial charge in [0.1, 0.15) is 0 Å². The van der Waals surface area contributed by atoms with Crippen molar-refractivity contribution >= 4 is 5.91 Å². The van der Waals surface area contributed by atoms with Gasteiger partial charge in [-0.3, -0.25) is 4.79 Å². The van der Waals surface area contributed by atoms with Crippen LogP contribution in [0.4, 0.5) is 13.2 Å². The minimum Gasteiger partial charge on any atom is -0.346 e. The van der Waals surface area contributed by atoms with E-state index in [1.807, 2.05) is 46.9 Å². The van der Waals surface area contributed by atoms with E-state index in [2.05, 4.69) is 0 Å². The summed E-state index contributed by atoms with van der Waals surface area (Å²) >= 11 is 0. The lowest BCUT2D eigenvalue weighted by molar-refractivity contribution is -0.174. The Kier molecular flexibility index (Phi) is 7.52. The maximum Gasteiger partial charge on any atom is 0.471 e. The minimum atomic E-state index is -4.80. The van der Waals surface area contributed by atoms with E-state index in [0.29, 0.717) is 0 Å². The fraction of sp³-hybridized carbons (Fsp3) is 0.917. The van der Waals surface area contributed by atoms with Gasteiger partial charge in [0.15, 0.2) is 0 Å². The molecule has 1 N–H and O–H groups in total. The van der Waals surface area contributed by atoms with Crippen molar-refractivity contribution in [2.75, 3.05) is 0 Å². The normalized spacial score (nSPS) is 15.4. The third-order valence-corrected chi connectivity index (χ3v) is 2.73. The summed E-state index contributed by atoms with van der Waals surface area (Å²) in [6.45, 7) is 13.2. The van der Waals surface area contributed by atoms with Crippen LogP contribution in [0.25, 0.3) is 0 Å². The average molecular weight is 255 g/mol. The van der Waals surface area contributed by atoms with Gasteiger partial charge in [-0.05, 0) is 18.3 Å². The Labute approximate surface area is 102 Å². The molecule has 0 aliphatic heterocycles. The monoisotopic (exact) mass is 255 g/mol. The highest BCUT2D eigenvalue weighted by molar-refractivity contribution is 5.81. The number of rotatable bonds is 2. The van der Waals surface area contributed by atoms with E-state index in [0.717, 1.165) is 0 Å². The molecule has 1 amide bonds. The van der Waals surface area contributed by atoms with Crippen LogP contribution in [-0.2, 0) is 4.79 Å². The van der Waals surface area contributed by atoms with E-state index in [9.17, 15) is 18.0 Å². The average Bonchev–Trinajstić information content (AvgIpc) is 2.16. The van der Waals surface area contributed by atoms with Crippen molar-refractivity contribution in [1.82, 2.24) is 5.32 Å². The molecule has 17 heavy (non-hydrogen) atoms. The van der Waals surface area contributed by atoms with Crippen LogP contribution in [0.3, 0.4) is 0 Å². The Morgan fingerprint density at radius 1 is 1.06 bits per heavy atom. The molecule has 2 nitrogen and oxygen atoms in total. The van der Waals surface area contributed by atoms with E-state index in [-0.39, 0.29) is 11.3 Å². The summed E-state index contributed by atoms with van der Waals surface area (Å²) in [4.78, 5) is 10.7. The molecule has 5 heteroatoms. The third kappa shape index (κ3) is 7.23. The summed E-state index contributed by atoms with van der Waals surface area (Å²) in [5.41, 5.74) is -0.141. The Hall–Kier alpha value is -0.740. The van der Waals surface area contributed by atoms with E-state index >= 15 is 0 Å². The van der Waals surface area contributed by atoms with E-state index in [1.54, 1.807) is 6.92 Å². The zero-order chi connectivity index (χ0) is 14.4. The highest BCUT2D eigenvalue weighted by atomic mass is 19.4. The van der Waals surface area contributed by atoms with Crippen molar-refractivity contribution in [3.8, 4) is 0 Å². The van der Waals surface area contributed by atoms with Crippen LogP contribution >= 0.6 is 0 Å². The highest BCUT2D eigenvalue weighted by Crippen LogP contribution is 2.28. The molecule has 0 fully saturated rings. The topological polar surface area (TPSA) is 29.1 Å². The quantitative estimate of drug-likeness (QED) is 0.799. The summed E-state index contributed by atoms with van der Waals surface area (Å²) in [5, 5.41) is 1.96. The first-order valence-corrected chi connectivity index (χ1v) is 5.84. The Morgan fingerprint density at radius 2 is 1.41 bits per heavy atom. The van der Waals surface area contributed by atoms with Crippen molar-refractivity contribution in [1.29, 1.82) is 0 Å². The zero-order valence-corrected chi connectivity index (χ0v) is 11.7. The lowest BCUT2D eigenvalue weighted by Crippen LogP contribution is -2.47. The molecule has 0 bridgehead atoms. The van der Waals surface area contributed by atoms with Gasteiger partial charge in [-0.25, -0.2) is 0 Å². The molecule has 0 aliphatic rings. The number of amides is 1. The second-order valence-corrected chi connectivity index (χ2v) is 4.91. The highest BCUT2D eigenvalue weighted by Gasteiger charge is 2.40. The number of alkyl halides is 3. The maximum atomic E-state index is 12.0. The number of hydrogen-bond donors (Lipinski definition) is 1. The molecule has 0 heterocycles. The molecule has 0 saturated heterocycles. The molecular weight excluding hydrogens is 231 g/mol. The van der Waals surface area contributed by atoms with Crippen molar-refractivity contribution < 1.29 is 18.0 Å². The first-order valence-electron chi connectivity index (χ1n) is 5.84. The van der Waals surface area contributed by atoms with Crippen molar-refractivity contribution in [3.63, 3.8) is 0 Å². The standard InChI is InChI=1S/C10H18F3NO.C2H6/c1-6(9(3,4)5)7(2)14-8(15)10(11,12)13;1-2/h6-7H,1-5H3,(H,14,15);1-2H3. The van der Waals surface area contributed by atoms with Crippen LogP contribution in [0, 0.1) is 11.3 Å². The maximum absolute atomic E-state index is 12.0. The number of carbonyl (C=O) groups excluding carboxylic acids is 1. The Balaban J connectivity index is 0. The SMILES string of the molecule is CC.CC(NC(=O)C(F)(F)F)C(C)C(C)(C)C. The minimum absolute atomic E-state index is 0.0381. The molecule has 0 aromatic carbocycles. The predicted molar refractivity (Wildman–Crippen MR) is 63.6 cm³/mol. The van der Waals surface area contributed by atoms with Gasteiger partial charge in [0.25, 0.3) is 0 Å². The molecule has 0 saturated carbocycles. The van der Waals surface area contributed by atoms with Gasteiger partial charge in [0, 0.05) is 6.04 Å². The molecule has 0 aliphatic carbocycles. The van der Waals surface area contributed by atoms with Crippen molar-refractivity contribution in [2.24, 2.45) is 11.3 Å². The van der Waals surface area contributed by atoms with E-state index < -0.39 is 18.1 Å². The van der Waals surface area contributed by atoms with E-state index in [1.165, 1.54) is 0 Å². The largest absolute Gasteiger partial charge is 0.471 e. The van der Waals surface area contributed by atoms with Crippen LogP contribution < -0.4 is 5.32 Å². The Morgan fingerprint density at radius 3 is 1.65 bits per heavy atom. The first kappa shape index (κ1) is 18.6. The smallest absolute Gasteiger partial charge is 0.346 e. The lowest BCUT2D eigenvalue weighted by atomic mass is 9.78. The van der Waals surface area contributed by atoms with Gasteiger partial charge in [-0.2, -0.15) is 13.2 Å². The van der Waals surface area contributed by atoms with Gasteiger partial charge in [-0.15, -0.1) is 0 Å². The Bertz CT molecular complexity index is 231. The van der Waals surface area contributed by atoms with Crippen molar-refractivity contribution in [3.05, 3.63) is 0 Å². The second-order valence-electron chi connectivity index (χ2n) is 4.91. The fourth-order valence-corrected chi connectivity index (χ4v) is 1.16. The zero-order valence-electron chi connectivity index (χ0n) is 11.7. The number of carbonyl (C=O) groups is 1. The molecule has 0 radical (unpaired) electrons. The van der Waals surface area contributed by atoms with Gasteiger partial charge >= 0.3 is 12.1 Å². The summed E-state index contributed by atoms with van der Waals surface area (Å²) in [6.07, 6.45) is -4.80. The summed E-state index contributed by atoms with van der Waals surface area (Å²) in [7, 11) is 0. The molecule has 0 rings (SSSR count). The number of nitrogens with one attached hydrogen (secondary N) is 1. The van der Waals surface area contributed by atoms with E-state index in [4.69, 9.17) is 0 Å². The molecule has 2 unspecified atom stereocenters. The van der Waals surface area contributed by atoms with Crippen LogP contribution in [0.1, 0.15) is 48.5 Å². The lowest BCUT2D eigenvalue weighted by Gasteiger charge is -2.32. The van der Waals surface area contributed by atoms with Gasteiger partial charge in [0.2, 0.25) is 0 Å². The van der Waals surface area contributed by atoms with Crippen LogP contribution in [-0.4, -0.2) is 18.1 Å². The molecule has 0 aromatic rings. The molecule has 0 aromatic heterocycles. The van der Waals surface area contributed by atoms with Crippen LogP contribution in [0.15, 0.2) is 0 Å².